The average Bonchev–Trinajstić information content (AvgIpc) is 2.48. The summed E-state index contributed by atoms with van der Waals surface area (Å²) in [4.78, 5) is 0. The van der Waals surface area contributed by atoms with E-state index < -0.39 is 0 Å². The number of nitrogens with two attached hydrogens (primary N) is 2. The highest BCUT2D eigenvalue weighted by Crippen LogP contribution is 2.40. The molecule has 2 fully saturated rings. The average molecular weight is 302 g/mol. The fourth-order valence-corrected chi connectivity index (χ4v) is 4.34. The van der Waals surface area contributed by atoms with Crippen molar-refractivity contribution in [3.8, 4) is 5.75 Å². The molecule has 0 saturated heterocycles. The normalized spacial score (nSPS) is 32.6. The minimum Gasteiger partial charge on any atom is -0.490 e. The van der Waals surface area contributed by atoms with Gasteiger partial charge in [-0.15, -0.1) is 0 Å². The largest absolute Gasteiger partial charge is 0.490 e. The molecule has 0 radical (unpaired) electrons. The first-order valence-electron chi connectivity index (χ1n) is 8.93. The predicted molar refractivity (Wildman–Crippen MR) is 92.8 cm³/mol. The summed E-state index contributed by atoms with van der Waals surface area (Å²) in [5.74, 6) is 3.68. The van der Waals surface area contributed by atoms with Crippen molar-refractivity contribution in [3.63, 3.8) is 0 Å². The molecule has 0 atom stereocenters. The second-order valence-corrected chi connectivity index (χ2v) is 7.51. The minimum absolute atomic E-state index is 0.333. The van der Waals surface area contributed by atoms with E-state index in [2.05, 4.69) is 6.92 Å². The Hall–Kier alpha value is -1.38. The highest BCUT2D eigenvalue weighted by atomic mass is 16.5. The van der Waals surface area contributed by atoms with Crippen LogP contribution >= 0.6 is 0 Å². The topological polar surface area (TPSA) is 61.3 Å². The molecule has 0 aliphatic heterocycles. The number of hydrogen-bond donors (Lipinski definition) is 2. The van der Waals surface area contributed by atoms with E-state index in [-0.39, 0.29) is 0 Å². The second-order valence-electron chi connectivity index (χ2n) is 7.51. The fraction of sp³-hybridized carbons (Fsp3) is 0.684. The smallest absolute Gasteiger partial charge is 0.123 e. The molecule has 122 valence electrons. The van der Waals surface area contributed by atoms with Crippen molar-refractivity contribution in [1.29, 1.82) is 0 Å². The molecule has 1 aromatic carbocycles. The molecule has 22 heavy (non-hydrogen) atoms. The maximum absolute atomic E-state index is 6.11. The molecule has 2 aliphatic rings. The molecule has 1 aromatic rings. The van der Waals surface area contributed by atoms with Gasteiger partial charge in [0.15, 0.2) is 0 Å². The lowest BCUT2D eigenvalue weighted by molar-refractivity contribution is 0.0937. The van der Waals surface area contributed by atoms with Crippen LogP contribution in [-0.2, 0) is 0 Å². The van der Waals surface area contributed by atoms with Gasteiger partial charge in [0.1, 0.15) is 5.75 Å². The van der Waals surface area contributed by atoms with Gasteiger partial charge in [0.2, 0.25) is 0 Å². The summed E-state index contributed by atoms with van der Waals surface area (Å²) in [6.07, 6.45) is 11.1. The lowest BCUT2D eigenvalue weighted by Crippen LogP contribution is -2.29. The van der Waals surface area contributed by atoms with E-state index in [0.717, 1.165) is 23.5 Å². The van der Waals surface area contributed by atoms with Crippen molar-refractivity contribution in [2.45, 2.75) is 64.4 Å². The van der Waals surface area contributed by atoms with E-state index >= 15 is 0 Å². The molecule has 0 unspecified atom stereocenters. The Morgan fingerprint density at radius 3 is 1.82 bits per heavy atom. The summed E-state index contributed by atoms with van der Waals surface area (Å²) < 4.78 is 6.11. The summed E-state index contributed by atoms with van der Waals surface area (Å²) in [6, 6.07) is 5.53. The molecule has 3 rings (SSSR count). The van der Waals surface area contributed by atoms with E-state index in [1.807, 2.05) is 12.1 Å². The van der Waals surface area contributed by atoms with E-state index in [1.54, 1.807) is 6.07 Å². The molecule has 3 heteroatoms. The van der Waals surface area contributed by atoms with Crippen LogP contribution in [0.25, 0.3) is 0 Å². The Labute approximate surface area is 134 Å². The number of anilines is 2. The number of nitrogen functional groups attached to an aromatic ring is 2. The number of benzene rings is 1. The summed E-state index contributed by atoms with van der Waals surface area (Å²) in [6.45, 7) is 2.40. The number of ether oxygens (including phenoxy) is 1. The van der Waals surface area contributed by atoms with E-state index in [9.17, 15) is 0 Å². The van der Waals surface area contributed by atoms with Crippen LogP contribution in [0.3, 0.4) is 0 Å². The van der Waals surface area contributed by atoms with Crippen LogP contribution in [0.5, 0.6) is 5.75 Å². The van der Waals surface area contributed by atoms with Gasteiger partial charge in [-0.05, 0) is 62.3 Å². The van der Waals surface area contributed by atoms with Gasteiger partial charge in [-0.25, -0.2) is 0 Å². The third kappa shape index (κ3) is 3.88. The van der Waals surface area contributed by atoms with Crippen molar-refractivity contribution >= 4 is 11.4 Å². The molecule has 2 saturated carbocycles. The Morgan fingerprint density at radius 2 is 1.27 bits per heavy atom. The van der Waals surface area contributed by atoms with Gasteiger partial charge < -0.3 is 16.2 Å². The zero-order valence-corrected chi connectivity index (χ0v) is 13.8. The molecular formula is C19H30N2O. The van der Waals surface area contributed by atoms with Gasteiger partial charge in [-0.1, -0.05) is 19.8 Å². The first-order chi connectivity index (χ1) is 10.6. The molecule has 4 N–H and O–H groups in total. The standard InChI is InChI=1S/C19H30N2O/c1-13-2-4-14(5-3-13)15-6-8-18(9-7-15)22-19-11-16(20)10-17(21)12-19/h10-15,18H,2-9,20-21H2,1H3. The van der Waals surface area contributed by atoms with Crippen LogP contribution in [0.1, 0.15) is 58.3 Å². The van der Waals surface area contributed by atoms with Gasteiger partial charge in [-0.3, -0.25) is 0 Å². The molecule has 2 aliphatic carbocycles. The predicted octanol–water partition coefficient (Wildman–Crippen LogP) is 4.61. The molecule has 3 nitrogen and oxygen atoms in total. The first-order valence-corrected chi connectivity index (χ1v) is 8.93. The molecule has 0 bridgehead atoms. The summed E-state index contributed by atoms with van der Waals surface area (Å²) in [5.41, 5.74) is 13.0. The Balaban J connectivity index is 1.49. The summed E-state index contributed by atoms with van der Waals surface area (Å²) in [7, 11) is 0. The van der Waals surface area contributed by atoms with E-state index in [1.165, 1.54) is 51.4 Å². The molecule has 0 aromatic heterocycles. The summed E-state index contributed by atoms with van der Waals surface area (Å²) in [5, 5.41) is 0. The van der Waals surface area contributed by atoms with Crippen LogP contribution < -0.4 is 16.2 Å². The highest BCUT2D eigenvalue weighted by Gasteiger charge is 2.30. The van der Waals surface area contributed by atoms with Crippen molar-refractivity contribution < 1.29 is 4.74 Å². The van der Waals surface area contributed by atoms with Gasteiger partial charge in [0.05, 0.1) is 6.10 Å². The minimum atomic E-state index is 0.333. The van der Waals surface area contributed by atoms with Crippen LogP contribution in [0.2, 0.25) is 0 Å². The van der Waals surface area contributed by atoms with Crippen molar-refractivity contribution in [1.82, 2.24) is 0 Å². The fourth-order valence-electron chi connectivity index (χ4n) is 4.34. The first kappa shape index (κ1) is 15.5. The number of hydrogen-bond acceptors (Lipinski definition) is 3. The lowest BCUT2D eigenvalue weighted by atomic mass is 9.71. The monoisotopic (exact) mass is 302 g/mol. The van der Waals surface area contributed by atoms with Gasteiger partial charge >= 0.3 is 0 Å². The van der Waals surface area contributed by atoms with Gasteiger partial charge in [0.25, 0.3) is 0 Å². The van der Waals surface area contributed by atoms with Gasteiger partial charge in [0, 0.05) is 23.5 Å². The highest BCUT2D eigenvalue weighted by molar-refractivity contribution is 5.56. The van der Waals surface area contributed by atoms with E-state index in [4.69, 9.17) is 16.2 Å². The third-order valence-electron chi connectivity index (χ3n) is 5.70. The zero-order valence-electron chi connectivity index (χ0n) is 13.8. The molecular weight excluding hydrogens is 272 g/mol. The van der Waals surface area contributed by atoms with Gasteiger partial charge in [-0.2, -0.15) is 0 Å². The van der Waals surface area contributed by atoms with Crippen molar-refractivity contribution in [3.05, 3.63) is 18.2 Å². The van der Waals surface area contributed by atoms with Crippen LogP contribution in [0.15, 0.2) is 18.2 Å². The van der Waals surface area contributed by atoms with Crippen LogP contribution in [0, 0.1) is 17.8 Å². The third-order valence-corrected chi connectivity index (χ3v) is 5.70. The zero-order chi connectivity index (χ0) is 15.5. The molecule has 0 spiro atoms. The SMILES string of the molecule is CC1CCC(C2CCC(Oc3cc(N)cc(N)c3)CC2)CC1. The van der Waals surface area contributed by atoms with E-state index in [0.29, 0.717) is 17.5 Å². The second kappa shape index (κ2) is 6.80. The quantitative estimate of drug-likeness (QED) is 0.801. The van der Waals surface area contributed by atoms with Crippen molar-refractivity contribution in [2.75, 3.05) is 11.5 Å². The lowest BCUT2D eigenvalue weighted by Gasteiger charge is -2.37. The van der Waals surface area contributed by atoms with Crippen LogP contribution in [-0.4, -0.2) is 6.10 Å². The molecule has 0 amide bonds. The maximum Gasteiger partial charge on any atom is 0.123 e. The Bertz CT molecular complexity index is 466. The Morgan fingerprint density at radius 1 is 0.773 bits per heavy atom. The summed E-state index contributed by atoms with van der Waals surface area (Å²) >= 11 is 0. The molecule has 0 heterocycles. The number of rotatable bonds is 3. The maximum atomic E-state index is 6.11. The van der Waals surface area contributed by atoms with Crippen LogP contribution in [0.4, 0.5) is 11.4 Å². The van der Waals surface area contributed by atoms with Crippen molar-refractivity contribution in [2.24, 2.45) is 17.8 Å². The Kier molecular flexibility index (Phi) is 4.80.